The summed E-state index contributed by atoms with van der Waals surface area (Å²) in [6.45, 7) is 7.34. The molecule has 9 heteroatoms. The monoisotopic (exact) mass is 437 g/mol. The van der Waals surface area contributed by atoms with Gasteiger partial charge in [0.2, 0.25) is 5.91 Å². The van der Waals surface area contributed by atoms with E-state index in [9.17, 15) is 13.2 Å². The number of piperidine rings is 3. The molecular weight excluding hydrogens is 402 g/mol. The highest BCUT2D eigenvalue weighted by Gasteiger charge is 2.37. The zero-order chi connectivity index (χ0) is 21.1. The summed E-state index contributed by atoms with van der Waals surface area (Å²) in [6.07, 6.45) is 10.6. The Balaban J connectivity index is 1.34. The lowest BCUT2D eigenvalue weighted by atomic mass is 9.95. The molecule has 1 aromatic rings. The minimum Gasteiger partial charge on any atom is -0.342 e. The number of aryl methyl sites for hydroxylation is 1. The molecule has 1 amide bonds. The van der Waals surface area contributed by atoms with Crippen molar-refractivity contribution in [1.29, 1.82) is 0 Å². The van der Waals surface area contributed by atoms with E-state index in [1.807, 2.05) is 11.8 Å². The third kappa shape index (κ3) is 4.57. The minimum atomic E-state index is -3.65. The fourth-order valence-corrected chi connectivity index (χ4v) is 6.59. The third-order valence-corrected chi connectivity index (χ3v) is 8.75. The molecule has 0 N–H and O–H groups in total. The fraction of sp³-hybridized carbons (Fsp3) is 0.810. The van der Waals surface area contributed by atoms with Crippen LogP contribution >= 0.6 is 0 Å². The van der Waals surface area contributed by atoms with Crippen LogP contribution in [0.25, 0.3) is 0 Å². The number of carbonyl (C=O) groups excluding carboxylic acids is 1. The molecule has 8 nitrogen and oxygen atoms in total. The average molecular weight is 438 g/mol. The molecule has 0 spiro atoms. The Bertz CT molecular complexity index is 825. The van der Waals surface area contributed by atoms with E-state index in [0.29, 0.717) is 25.6 Å². The van der Waals surface area contributed by atoms with Crippen LogP contribution in [0.1, 0.15) is 51.9 Å². The second-order valence-electron chi connectivity index (χ2n) is 8.90. The number of imidazole rings is 1. The lowest BCUT2D eigenvalue weighted by Gasteiger charge is -2.41. The molecule has 3 fully saturated rings. The molecule has 0 bridgehead atoms. The zero-order valence-electron chi connectivity index (χ0n) is 18.1. The van der Waals surface area contributed by atoms with Crippen molar-refractivity contribution in [3.63, 3.8) is 0 Å². The van der Waals surface area contributed by atoms with E-state index >= 15 is 0 Å². The van der Waals surface area contributed by atoms with Gasteiger partial charge in [-0.1, -0.05) is 6.42 Å². The summed E-state index contributed by atoms with van der Waals surface area (Å²) in [6, 6.07) is 0.603. The normalized spacial score (nSPS) is 25.5. The van der Waals surface area contributed by atoms with Crippen LogP contribution in [-0.2, 0) is 21.4 Å². The highest BCUT2D eigenvalue weighted by Crippen LogP contribution is 2.27. The molecule has 1 unspecified atom stereocenters. The van der Waals surface area contributed by atoms with Crippen molar-refractivity contribution in [1.82, 2.24) is 23.7 Å². The Hall–Kier alpha value is -1.45. The molecule has 0 aliphatic carbocycles. The van der Waals surface area contributed by atoms with Crippen LogP contribution in [0.15, 0.2) is 17.6 Å². The Labute approximate surface area is 180 Å². The SMILES string of the molecule is CCn1cnc(S(=O)(=O)N2CCCC(C(=O)N3CCC(N4CCCCC4)CC3)C2)c1. The number of hydrogen-bond acceptors (Lipinski definition) is 5. The third-order valence-electron chi connectivity index (χ3n) is 7.00. The Morgan fingerprint density at radius 2 is 1.77 bits per heavy atom. The number of nitrogens with zero attached hydrogens (tertiary/aromatic N) is 5. The number of likely N-dealkylation sites (tertiary alicyclic amines) is 2. The predicted octanol–water partition coefficient (Wildman–Crippen LogP) is 1.78. The summed E-state index contributed by atoms with van der Waals surface area (Å²) in [5, 5.41) is 0.0831. The molecule has 3 aliphatic rings. The van der Waals surface area contributed by atoms with Crippen LogP contribution in [0, 0.1) is 5.92 Å². The van der Waals surface area contributed by atoms with E-state index < -0.39 is 10.0 Å². The van der Waals surface area contributed by atoms with Crippen molar-refractivity contribution in [2.75, 3.05) is 39.3 Å². The van der Waals surface area contributed by atoms with E-state index in [1.165, 1.54) is 36.7 Å². The van der Waals surface area contributed by atoms with Gasteiger partial charge in [0, 0.05) is 45.0 Å². The van der Waals surface area contributed by atoms with Gasteiger partial charge in [0.05, 0.1) is 12.2 Å². The second kappa shape index (κ2) is 9.36. The maximum atomic E-state index is 13.2. The topological polar surface area (TPSA) is 78.8 Å². The van der Waals surface area contributed by atoms with Crippen molar-refractivity contribution in [3.8, 4) is 0 Å². The van der Waals surface area contributed by atoms with Crippen LogP contribution in [0.3, 0.4) is 0 Å². The quantitative estimate of drug-likeness (QED) is 0.702. The largest absolute Gasteiger partial charge is 0.342 e. The maximum absolute atomic E-state index is 13.2. The minimum absolute atomic E-state index is 0.0831. The molecule has 4 heterocycles. The van der Waals surface area contributed by atoms with Gasteiger partial charge in [-0.05, 0) is 58.5 Å². The van der Waals surface area contributed by atoms with Gasteiger partial charge in [-0.25, -0.2) is 13.4 Å². The Morgan fingerprint density at radius 1 is 1.03 bits per heavy atom. The van der Waals surface area contributed by atoms with Gasteiger partial charge in [0.15, 0.2) is 5.03 Å². The highest BCUT2D eigenvalue weighted by atomic mass is 32.2. The molecule has 0 saturated carbocycles. The van der Waals surface area contributed by atoms with Crippen LogP contribution in [0.5, 0.6) is 0 Å². The Kier molecular flexibility index (Phi) is 6.79. The molecular formula is C21H35N5O3S. The molecule has 3 saturated heterocycles. The van der Waals surface area contributed by atoms with Crippen LogP contribution < -0.4 is 0 Å². The van der Waals surface area contributed by atoms with Crippen LogP contribution in [0.2, 0.25) is 0 Å². The number of hydrogen-bond donors (Lipinski definition) is 0. The average Bonchev–Trinajstić information content (AvgIpc) is 3.30. The molecule has 1 aromatic heterocycles. The van der Waals surface area contributed by atoms with E-state index in [4.69, 9.17) is 0 Å². The van der Waals surface area contributed by atoms with Crippen LogP contribution in [0.4, 0.5) is 0 Å². The lowest BCUT2D eigenvalue weighted by Crippen LogP contribution is -2.51. The van der Waals surface area contributed by atoms with Gasteiger partial charge in [0.25, 0.3) is 10.0 Å². The van der Waals surface area contributed by atoms with Gasteiger partial charge in [-0.3, -0.25) is 4.79 Å². The zero-order valence-corrected chi connectivity index (χ0v) is 18.9. The fourth-order valence-electron chi connectivity index (χ4n) is 5.13. The van der Waals surface area contributed by atoms with E-state index in [1.54, 1.807) is 17.1 Å². The second-order valence-corrected chi connectivity index (χ2v) is 10.8. The number of amides is 1. The summed E-state index contributed by atoms with van der Waals surface area (Å²) in [7, 11) is -3.65. The first-order chi connectivity index (χ1) is 14.5. The number of aromatic nitrogens is 2. The van der Waals surface area contributed by atoms with Crippen molar-refractivity contribution < 1.29 is 13.2 Å². The molecule has 1 atom stereocenters. The Morgan fingerprint density at radius 3 is 2.43 bits per heavy atom. The number of sulfonamides is 1. The molecule has 0 radical (unpaired) electrons. The molecule has 3 aliphatic heterocycles. The highest BCUT2D eigenvalue weighted by molar-refractivity contribution is 7.89. The summed E-state index contributed by atoms with van der Waals surface area (Å²) >= 11 is 0. The first-order valence-corrected chi connectivity index (χ1v) is 13.0. The molecule has 168 valence electrons. The standard InChI is InChI=1S/C21H35N5O3S/c1-2-23-16-20(22-17-23)30(28,29)26-12-6-7-18(15-26)21(27)25-13-8-19(9-14-25)24-10-4-3-5-11-24/h16-19H,2-15H2,1H3. The smallest absolute Gasteiger partial charge is 0.262 e. The summed E-state index contributed by atoms with van der Waals surface area (Å²) < 4.78 is 29.2. The van der Waals surface area contributed by atoms with E-state index in [-0.39, 0.29) is 23.4 Å². The number of rotatable bonds is 5. The van der Waals surface area contributed by atoms with E-state index in [0.717, 1.165) is 32.4 Å². The van der Waals surface area contributed by atoms with E-state index in [2.05, 4.69) is 9.88 Å². The first-order valence-electron chi connectivity index (χ1n) is 11.5. The molecule has 30 heavy (non-hydrogen) atoms. The molecule has 4 rings (SSSR count). The van der Waals surface area contributed by atoms with Gasteiger partial charge in [-0.2, -0.15) is 4.31 Å². The van der Waals surface area contributed by atoms with Crippen molar-refractivity contribution in [3.05, 3.63) is 12.5 Å². The summed E-state index contributed by atoms with van der Waals surface area (Å²) in [5.41, 5.74) is 0. The van der Waals surface area contributed by atoms with Gasteiger partial charge in [0.1, 0.15) is 0 Å². The predicted molar refractivity (Wildman–Crippen MR) is 114 cm³/mol. The van der Waals surface area contributed by atoms with Crippen LogP contribution in [-0.4, -0.2) is 83.3 Å². The summed E-state index contributed by atoms with van der Waals surface area (Å²) in [5.74, 6) is -0.112. The van der Waals surface area contributed by atoms with Crippen molar-refractivity contribution >= 4 is 15.9 Å². The van der Waals surface area contributed by atoms with Gasteiger partial charge < -0.3 is 14.4 Å². The maximum Gasteiger partial charge on any atom is 0.262 e. The first kappa shape index (κ1) is 21.8. The van der Waals surface area contributed by atoms with Crippen molar-refractivity contribution in [2.24, 2.45) is 5.92 Å². The molecule has 0 aromatic carbocycles. The summed E-state index contributed by atoms with van der Waals surface area (Å²) in [4.78, 5) is 21.8. The number of carbonyl (C=O) groups is 1. The van der Waals surface area contributed by atoms with Gasteiger partial charge in [-0.15, -0.1) is 0 Å². The van der Waals surface area contributed by atoms with Crippen molar-refractivity contribution in [2.45, 2.75) is 69.5 Å². The van der Waals surface area contributed by atoms with Gasteiger partial charge >= 0.3 is 0 Å². The lowest BCUT2D eigenvalue weighted by molar-refractivity contribution is -0.138.